The van der Waals surface area contributed by atoms with Crippen molar-refractivity contribution in [1.82, 2.24) is 9.97 Å². The van der Waals surface area contributed by atoms with Crippen LogP contribution in [0.1, 0.15) is 0 Å². The third-order valence-electron chi connectivity index (χ3n) is 1.99. The van der Waals surface area contributed by atoms with Crippen LogP contribution in [-0.2, 0) is 0 Å². The second-order valence-electron chi connectivity index (χ2n) is 2.73. The Balaban J connectivity index is 2.84. The largest absolute Gasteiger partial charge is 0.386 e. The molecule has 0 fully saturated rings. The molecule has 0 aliphatic heterocycles. The van der Waals surface area contributed by atoms with Crippen LogP contribution >= 0.6 is 0 Å². The van der Waals surface area contributed by atoms with E-state index in [2.05, 4.69) is 15.3 Å². The number of hydrogen-bond acceptors (Lipinski definition) is 4. The highest BCUT2D eigenvalue weighted by atomic mass is 14.9. The molecule has 0 bridgehead atoms. The van der Waals surface area contributed by atoms with Crippen LogP contribution in [0.5, 0.6) is 0 Å². The minimum atomic E-state index is 0.516. The quantitative estimate of drug-likeness (QED) is 0.683. The van der Waals surface area contributed by atoms with Crippen LogP contribution in [-0.4, -0.2) is 17.0 Å². The zero-order valence-electron chi connectivity index (χ0n) is 7.28. The molecule has 0 unspecified atom stereocenters. The van der Waals surface area contributed by atoms with Gasteiger partial charge in [-0.3, -0.25) is 4.98 Å². The van der Waals surface area contributed by atoms with E-state index in [9.17, 15) is 0 Å². The Bertz CT molecular complexity index is 439. The lowest BCUT2D eigenvalue weighted by atomic mass is 10.2. The Morgan fingerprint density at radius 3 is 2.92 bits per heavy atom. The summed E-state index contributed by atoms with van der Waals surface area (Å²) in [5.74, 6) is 0.516. The summed E-state index contributed by atoms with van der Waals surface area (Å²) in [6.45, 7) is 0. The number of fused-ring (bicyclic) bond motifs is 1. The van der Waals surface area contributed by atoms with Crippen molar-refractivity contribution >= 4 is 22.3 Å². The van der Waals surface area contributed by atoms with Gasteiger partial charge in [0, 0.05) is 30.2 Å². The normalized spacial score (nSPS) is 10.2. The highest BCUT2D eigenvalue weighted by Gasteiger charge is 2.02. The lowest BCUT2D eigenvalue weighted by Crippen LogP contribution is -1.96. The van der Waals surface area contributed by atoms with Gasteiger partial charge in [0.1, 0.15) is 5.82 Å². The molecule has 0 atom stereocenters. The summed E-state index contributed by atoms with van der Waals surface area (Å²) < 4.78 is 0. The van der Waals surface area contributed by atoms with Gasteiger partial charge in [-0.1, -0.05) is 0 Å². The Kier molecular flexibility index (Phi) is 1.73. The van der Waals surface area contributed by atoms with Gasteiger partial charge in [-0.2, -0.15) is 0 Å². The minimum Gasteiger partial charge on any atom is -0.386 e. The average Bonchev–Trinajstić information content (AvgIpc) is 2.19. The smallest absolute Gasteiger partial charge is 0.132 e. The first kappa shape index (κ1) is 7.79. The van der Waals surface area contributed by atoms with E-state index in [-0.39, 0.29) is 0 Å². The molecule has 0 aliphatic carbocycles. The van der Waals surface area contributed by atoms with Crippen LogP contribution in [0, 0.1) is 0 Å². The molecule has 0 aliphatic rings. The fourth-order valence-electron chi connectivity index (χ4n) is 1.31. The van der Waals surface area contributed by atoms with Gasteiger partial charge in [-0.05, 0) is 6.07 Å². The summed E-state index contributed by atoms with van der Waals surface area (Å²) in [6, 6.07) is 1.92. The summed E-state index contributed by atoms with van der Waals surface area (Å²) in [5.41, 5.74) is 6.67. The summed E-state index contributed by atoms with van der Waals surface area (Å²) in [6.07, 6.45) is 5.18. The fourth-order valence-corrected chi connectivity index (χ4v) is 1.31. The molecule has 0 saturated carbocycles. The highest BCUT2D eigenvalue weighted by Crippen LogP contribution is 2.24. The van der Waals surface area contributed by atoms with Gasteiger partial charge in [0.25, 0.3) is 0 Å². The molecule has 13 heavy (non-hydrogen) atoms. The van der Waals surface area contributed by atoms with Crippen molar-refractivity contribution in [3.05, 3.63) is 24.7 Å². The maximum Gasteiger partial charge on any atom is 0.132 e. The molecule has 0 spiro atoms. The van der Waals surface area contributed by atoms with E-state index in [4.69, 9.17) is 5.73 Å². The molecular formula is C9H10N4. The molecule has 2 aromatic rings. The van der Waals surface area contributed by atoms with E-state index >= 15 is 0 Å². The number of pyridine rings is 2. The number of aromatic nitrogens is 2. The van der Waals surface area contributed by atoms with Crippen LogP contribution in [0.2, 0.25) is 0 Å². The van der Waals surface area contributed by atoms with Gasteiger partial charge in [0.2, 0.25) is 0 Å². The van der Waals surface area contributed by atoms with E-state index in [1.54, 1.807) is 18.6 Å². The number of nitrogen functional groups attached to an aromatic ring is 1. The summed E-state index contributed by atoms with van der Waals surface area (Å²) in [7, 11) is 1.85. The number of nitrogens with one attached hydrogen (secondary N) is 1. The van der Waals surface area contributed by atoms with E-state index in [0.717, 1.165) is 16.5 Å². The molecule has 0 saturated heterocycles. The molecule has 4 heteroatoms. The number of nitrogens with two attached hydrogens (primary N) is 1. The Morgan fingerprint density at radius 2 is 2.15 bits per heavy atom. The van der Waals surface area contributed by atoms with Crippen molar-refractivity contribution in [2.75, 3.05) is 18.1 Å². The van der Waals surface area contributed by atoms with Crippen LogP contribution in [0.25, 0.3) is 10.8 Å². The van der Waals surface area contributed by atoms with Crippen molar-refractivity contribution < 1.29 is 0 Å². The zero-order valence-corrected chi connectivity index (χ0v) is 7.28. The third-order valence-corrected chi connectivity index (χ3v) is 1.99. The van der Waals surface area contributed by atoms with Gasteiger partial charge < -0.3 is 11.1 Å². The SMILES string of the molecule is CNc1cnc(N)c2cnccc12. The minimum absolute atomic E-state index is 0.516. The Morgan fingerprint density at radius 1 is 1.31 bits per heavy atom. The second kappa shape index (κ2) is 2.90. The standard InChI is InChI=1S/C9H10N4/c1-11-8-5-13-9(10)7-4-12-3-2-6(7)8/h2-5,11H,1H3,(H2,10,13). The van der Waals surface area contributed by atoms with Gasteiger partial charge in [0.05, 0.1) is 11.9 Å². The first-order valence-corrected chi connectivity index (χ1v) is 3.99. The first-order valence-electron chi connectivity index (χ1n) is 3.99. The number of hydrogen-bond donors (Lipinski definition) is 2. The van der Waals surface area contributed by atoms with Gasteiger partial charge >= 0.3 is 0 Å². The fraction of sp³-hybridized carbons (Fsp3) is 0.111. The molecule has 0 amide bonds. The first-order chi connectivity index (χ1) is 6.33. The van der Waals surface area contributed by atoms with E-state index in [1.165, 1.54) is 0 Å². The predicted octanol–water partition coefficient (Wildman–Crippen LogP) is 1.25. The van der Waals surface area contributed by atoms with Crippen LogP contribution < -0.4 is 11.1 Å². The third kappa shape index (κ3) is 1.16. The van der Waals surface area contributed by atoms with Gasteiger partial charge in [0.15, 0.2) is 0 Å². The molecule has 4 nitrogen and oxygen atoms in total. The highest BCUT2D eigenvalue weighted by molar-refractivity contribution is 5.98. The average molecular weight is 174 g/mol. The topological polar surface area (TPSA) is 63.8 Å². The monoisotopic (exact) mass is 174 g/mol. The molecule has 2 aromatic heterocycles. The summed E-state index contributed by atoms with van der Waals surface area (Å²) >= 11 is 0. The number of nitrogens with zero attached hydrogens (tertiary/aromatic N) is 2. The van der Waals surface area contributed by atoms with Gasteiger partial charge in [-0.15, -0.1) is 0 Å². The maximum atomic E-state index is 5.70. The Labute approximate surface area is 75.8 Å². The van der Waals surface area contributed by atoms with E-state index in [1.807, 2.05) is 13.1 Å². The molecule has 0 radical (unpaired) electrons. The van der Waals surface area contributed by atoms with Gasteiger partial charge in [-0.25, -0.2) is 4.98 Å². The maximum absolute atomic E-state index is 5.70. The van der Waals surface area contributed by atoms with Crippen molar-refractivity contribution in [2.24, 2.45) is 0 Å². The van der Waals surface area contributed by atoms with Crippen molar-refractivity contribution in [3.8, 4) is 0 Å². The molecule has 2 rings (SSSR count). The molecular weight excluding hydrogens is 164 g/mol. The second-order valence-corrected chi connectivity index (χ2v) is 2.73. The summed E-state index contributed by atoms with van der Waals surface area (Å²) in [5, 5.41) is 4.98. The lowest BCUT2D eigenvalue weighted by Gasteiger charge is -2.05. The zero-order chi connectivity index (χ0) is 9.26. The molecule has 0 aromatic carbocycles. The lowest BCUT2D eigenvalue weighted by molar-refractivity contribution is 1.31. The summed E-state index contributed by atoms with van der Waals surface area (Å²) in [4.78, 5) is 8.05. The van der Waals surface area contributed by atoms with Crippen molar-refractivity contribution in [2.45, 2.75) is 0 Å². The van der Waals surface area contributed by atoms with Crippen molar-refractivity contribution in [1.29, 1.82) is 0 Å². The number of anilines is 2. The molecule has 2 heterocycles. The van der Waals surface area contributed by atoms with Crippen molar-refractivity contribution in [3.63, 3.8) is 0 Å². The van der Waals surface area contributed by atoms with E-state index in [0.29, 0.717) is 5.82 Å². The van der Waals surface area contributed by atoms with Crippen LogP contribution in [0.4, 0.5) is 11.5 Å². The van der Waals surface area contributed by atoms with Crippen LogP contribution in [0.15, 0.2) is 24.7 Å². The number of rotatable bonds is 1. The Hall–Kier alpha value is -1.84. The molecule has 3 N–H and O–H groups in total. The van der Waals surface area contributed by atoms with E-state index < -0.39 is 0 Å². The molecule has 66 valence electrons. The predicted molar refractivity (Wildman–Crippen MR) is 53.5 cm³/mol. The van der Waals surface area contributed by atoms with Crippen LogP contribution in [0.3, 0.4) is 0 Å².